The molecule has 1 amide bonds. The van der Waals surface area contributed by atoms with E-state index in [1.807, 2.05) is 42.5 Å². The Kier molecular flexibility index (Phi) is 8.00. The van der Waals surface area contributed by atoms with Crippen molar-refractivity contribution in [1.82, 2.24) is 0 Å². The van der Waals surface area contributed by atoms with Crippen molar-refractivity contribution in [2.45, 2.75) is 46.0 Å². The molecule has 0 saturated heterocycles. The lowest BCUT2D eigenvalue weighted by Crippen LogP contribution is -2.20. The van der Waals surface area contributed by atoms with E-state index < -0.39 is 0 Å². The molecule has 4 nitrogen and oxygen atoms in total. The largest absolute Gasteiger partial charge is 0.494 e. The van der Waals surface area contributed by atoms with Crippen LogP contribution < -0.4 is 14.8 Å². The summed E-state index contributed by atoms with van der Waals surface area (Å²) in [5, 5.41) is 2.85. The lowest BCUT2D eigenvalue weighted by molar-refractivity contribution is -0.118. The van der Waals surface area contributed by atoms with Crippen LogP contribution in [-0.4, -0.2) is 19.1 Å². The van der Waals surface area contributed by atoms with Gasteiger partial charge in [-0.25, -0.2) is 0 Å². The molecule has 2 aromatic carbocycles. The molecule has 0 heterocycles. The van der Waals surface area contributed by atoms with Crippen LogP contribution in [-0.2, 0) is 4.79 Å². The molecular formula is C22H29NO3. The van der Waals surface area contributed by atoms with Gasteiger partial charge in [-0.2, -0.15) is 0 Å². The molecule has 0 spiro atoms. The minimum Gasteiger partial charge on any atom is -0.494 e. The number of hydrogen-bond donors (Lipinski definition) is 1. The van der Waals surface area contributed by atoms with E-state index in [1.165, 1.54) is 0 Å². The molecule has 0 bridgehead atoms. The summed E-state index contributed by atoms with van der Waals surface area (Å²) in [6.45, 7) is 7.13. The fraction of sp³-hybridized carbons (Fsp3) is 0.409. The molecule has 1 atom stereocenters. The number of anilines is 1. The predicted molar refractivity (Wildman–Crippen MR) is 106 cm³/mol. The molecule has 0 saturated carbocycles. The van der Waals surface area contributed by atoms with Gasteiger partial charge in [0.2, 0.25) is 0 Å². The predicted octanol–water partition coefficient (Wildman–Crippen LogP) is 5.40. The summed E-state index contributed by atoms with van der Waals surface area (Å²) in [7, 11) is 0. The number of benzene rings is 2. The minimum absolute atomic E-state index is 0.0117. The van der Waals surface area contributed by atoms with Gasteiger partial charge >= 0.3 is 0 Å². The third-order valence-electron chi connectivity index (χ3n) is 4.33. The number of nitrogens with one attached hydrogen (secondary N) is 1. The Labute approximate surface area is 156 Å². The van der Waals surface area contributed by atoms with Crippen LogP contribution in [0.25, 0.3) is 0 Å². The molecule has 4 heteroatoms. The molecule has 0 aromatic heterocycles. The Bertz CT molecular complexity index is 682. The molecular weight excluding hydrogens is 326 g/mol. The van der Waals surface area contributed by atoms with E-state index in [4.69, 9.17) is 9.47 Å². The van der Waals surface area contributed by atoms with Crippen LogP contribution in [0.2, 0.25) is 0 Å². The number of unbranched alkanes of at least 4 members (excludes halogenated alkanes) is 1. The maximum absolute atomic E-state index is 12.2. The van der Waals surface area contributed by atoms with Gasteiger partial charge in [0.25, 0.3) is 5.91 Å². The third-order valence-corrected chi connectivity index (χ3v) is 4.33. The van der Waals surface area contributed by atoms with Crippen molar-refractivity contribution in [1.29, 1.82) is 0 Å². The lowest BCUT2D eigenvalue weighted by Gasteiger charge is -2.15. The molecule has 0 aliphatic heterocycles. The number of amides is 1. The summed E-state index contributed by atoms with van der Waals surface area (Å²) in [6, 6.07) is 15.3. The number of carbonyl (C=O) groups excluding carboxylic acids is 1. The van der Waals surface area contributed by atoms with E-state index in [2.05, 4.69) is 32.2 Å². The average Bonchev–Trinajstić information content (AvgIpc) is 2.67. The van der Waals surface area contributed by atoms with Gasteiger partial charge in [0.1, 0.15) is 11.5 Å². The summed E-state index contributed by atoms with van der Waals surface area (Å²) < 4.78 is 11.4. The number of para-hydroxylation sites is 1. The standard InChI is InChI=1S/C22H29NO3/c1-4-6-15-25-19-13-11-18(12-14-19)23-22(24)16-26-21-10-8-7-9-20(21)17(3)5-2/h7-14,17H,4-6,15-16H2,1-3H3,(H,23,24)/t17-/m1/s1. The number of rotatable bonds is 10. The highest BCUT2D eigenvalue weighted by molar-refractivity contribution is 5.91. The molecule has 0 fully saturated rings. The SMILES string of the molecule is CCCCOc1ccc(NC(=O)COc2ccccc2[C@H](C)CC)cc1. The molecule has 0 aliphatic rings. The topological polar surface area (TPSA) is 47.6 Å². The highest BCUT2D eigenvalue weighted by Crippen LogP contribution is 2.28. The minimum atomic E-state index is -0.177. The fourth-order valence-corrected chi connectivity index (χ4v) is 2.55. The van der Waals surface area contributed by atoms with Gasteiger partial charge in [-0.1, -0.05) is 45.4 Å². The average molecular weight is 355 g/mol. The maximum atomic E-state index is 12.2. The van der Waals surface area contributed by atoms with Gasteiger partial charge in [0.05, 0.1) is 6.61 Å². The van der Waals surface area contributed by atoms with Crippen LogP contribution in [0.4, 0.5) is 5.69 Å². The van der Waals surface area contributed by atoms with E-state index >= 15 is 0 Å². The van der Waals surface area contributed by atoms with Crippen LogP contribution >= 0.6 is 0 Å². The summed E-state index contributed by atoms with van der Waals surface area (Å²) >= 11 is 0. The third kappa shape index (κ3) is 6.10. The zero-order valence-electron chi connectivity index (χ0n) is 16.0. The van der Waals surface area contributed by atoms with Crippen LogP contribution in [0.15, 0.2) is 48.5 Å². The molecule has 2 aromatic rings. The van der Waals surface area contributed by atoms with Crippen LogP contribution in [0.1, 0.15) is 51.5 Å². The second kappa shape index (κ2) is 10.5. The zero-order valence-corrected chi connectivity index (χ0v) is 16.0. The molecule has 26 heavy (non-hydrogen) atoms. The molecule has 0 radical (unpaired) electrons. The normalized spacial score (nSPS) is 11.7. The van der Waals surface area contributed by atoms with Crippen LogP contribution in [0, 0.1) is 0 Å². The highest BCUT2D eigenvalue weighted by Gasteiger charge is 2.11. The Balaban J connectivity index is 1.86. The van der Waals surface area contributed by atoms with Crippen molar-refractivity contribution in [3.63, 3.8) is 0 Å². The Morgan fingerprint density at radius 2 is 1.77 bits per heavy atom. The van der Waals surface area contributed by atoms with Gasteiger partial charge in [-0.05, 0) is 54.7 Å². The molecule has 0 aliphatic carbocycles. The highest BCUT2D eigenvalue weighted by atomic mass is 16.5. The molecule has 2 rings (SSSR count). The van der Waals surface area contributed by atoms with Crippen molar-refractivity contribution in [3.05, 3.63) is 54.1 Å². The van der Waals surface area contributed by atoms with Crippen molar-refractivity contribution < 1.29 is 14.3 Å². The van der Waals surface area contributed by atoms with Crippen LogP contribution in [0.3, 0.4) is 0 Å². The van der Waals surface area contributed by atoms with E-state index in [9.17, 15) is 4.79 Å². The number of carbonyl (C=O) groups is 1. The molecule has 140 valence electrons. The van der Waals surface area contributed by atoms with E-state index in [1.54, 1.807) is 0 Å². The monoisotopic (exact) mass is 355 g/mol. The van der Waals surface area contributed by atoms with Crippen molar-refractivity contribution in [2.75, 3.05) is 18.5 Å². The first-order chi connectivity index (χ1) is 12.6. The Morgan fingerprint density at radius 3 is 2.46 bits per heavy atom. The molecule has 0 unspecified atom stereocenters. The van der Waals surface area contributed by atoms with Gasteiger partial charge in [0.15, 0.2) is 6.61 Å². The Hall–Kier alpha value is -2.49. The van der Waals surface area contributed by atoms with Gasteiger partial charge < -0.3 is 14.8 Å². The second-order valence-electron chi connectivity index (χ2n) is 6.41. The summed E-state index contributed by atoms with van der Waals surface area (Å²) in [6.07, 6.45) is 3.17. The van der Waals surface area contributed by atoms with Gasteiger partial charge in [-0.15, -0.1) is 0 Å². The summed E-state index contributed by atoms with van der Waals surface area (Å²) in [4.78, 5) is 12.2. The maximum Gasteiger partial charge on any atom is 0.262 e. The van der Waals surface area contributed by atoms with E-state index in [0.29, 0.717) is 12.5 Å². The van der Waals surface area contributed by atoms with Crippen LogP contribution in [0.5, 0.6) is 11.5 Å². The van der Waals surface area contributed by atoms with E-state index in [0.717, 1.165) is 42.0 Å². The fourth-order valence-electron chi connectivity index (χ4n) is 2.55. The first kappa shape index (κ1) is 19.8. The summed E-state index contributed by atoms with van der Waals surface area (Å²) in [5.41, 5.74) is 1.87. The van der Waals surface area contributed by atoms with Gasteiger partial charge in [0, 0.05) is 5.69 Å². The smallest absolute Gasteiger partial charge is 0.262 e. The zero-order chi connectivity index (χ0) is 18.8. The number of hydrogen-bond acceptors (Lipinski definition) is 3. The second-order valence-corrected chi connectivity index (χ2v) is 6.41. The van der Waals surface area contributed by atoms with Gasteiger partial charge in [-0.3, -0.25) is 4.79 Å². The van der Waals surface area contributed by atoms with E-state index in [-0.39, 0.29) is 12.5 Å². The number of ether oxygens (including phenoxy) is 2. The molecule has 1 N–H and O–H groups in total. The quantitative estimate of drug-likeness (QED) is 0.581. The first-order valence-corrected chi connectivity index (χ1v) is 9.38. The van der Waals surface area contributed by atoms with Crippen molar-refractivity contribution in [3.8, 4) is 11.5 Å². The Morgan fingerprint density at radius 1 is 1.04 bits per heavy atom. The lowest BCUT2D eigenvalue weighted by atomic mass is 9.98. The summed E-state index contributed by atoms with van der Waals surface area (Å²) in [5.74, 6) is 1.81. The first-order valence-electron chi connectivity index (χ1n) is 9.38. The van der Waals surface area contributed by atoms with Crippen molar-refractivity contribution in [2.24, 2.45) is 0 Å². The van der Waals surface area contributed by atoms with Crippen molar-refractivity contribution >= 4 is 11.6 Å².